The molecule has 1 heterocycles. The topological polar surface area (TPSA) is 71.5 Å². The van der Waals surface area contributed by atoms with Crippen LogP contribution in [0.15, 0.2) is 41.5 Å². The maximum absolute atomic E-state index is 9.64. The maximum Gasteiger partial charge on any atom is 0.128 e. The van der Waals surface area contributed by atoms with Crippen LogP contribution < -0.4 is 5.73 Å². The van der Waals surface area contributed by atoms with Gasteiger partial charge in [-0.15, -0.1) is 0 Å². The van der Waals surface area contributed by atoms with Gasteiger partial charge in [-0.1, -0.05) is 19.1 Å². The Kier molecular flexibility index (Phi) is 4.35. The molecule has 2 rings (SSSR count). The van der Waals surface area contributed by atoms with E-state index in [9.17, 15) is 5.11 Å². The van der Waals surface area contributed by atoms with E-state index >= 15 is 0 Å². The molecule has 0 aliphatic heterocycles. The van der Waals surface area contributed by atoms with Gasteiger partial charge in [0.15, 0.2) is 0 Å². The van der Waals surface area contributed by atoms with Gasteiger partial charge in [0.2, 0.25) is 0 Å². The molecule has 20 heavy (non-hydrogen) atoms. The van der Waals surface area contributed by atoms with Crippen molar-refractivity contribution in [3.05, 3.63) is 47.8 Å². The van der Waals surface area contributed by atoms with Gasteiger partial charge >= 0.3 is 0 Å². The minimum atomic E-state index is 0.229. The molecule has 0 atom stereocenters. The van der Waals surface area contributed by atoms with E-state index in [0.29, 0.717) is 12.4 Å². The second kappa shape index (κ2) is 6.19. The highest BCUT2D eigenvalue weighted by Gasteiger charge is 2.12. The first-order valence-corrected chi connectivity index (χ1v) is 6.68. The highest BCUT2D eigenvalue weighted by atomic mass is 16.3. The Morgan fingerprint density at radius 3 is 2.85 bits per heavy atom. The smallest absolute Gasteiger partial charge is 0.128 e. The maximum atomic E-state index is 9.64. The summed E-state index contributed by atoms with van der Waals surface area (Å²) in [6, 6.07) is 9.00. The molecular formula is C16H19N3O. The number of benzene rings is 1. The molecule has 0 fully saturated rings. The highest BCUT2D eigenvalue weighted by molar-refractivity contribution is 6.04. The molecule has 0 radical (unpaired) electrons. The molecule has 1 aromatic carbocycles. The van der Waals surface area contributed by atoms with Crippen LogP contribution in [0.3, 0.4) is 0 Å². The van der Waals surface area contributed by atoms with Crippen molar-refractivity contribution in [1.29, 1.82) is 0 Å². The summed E-state index contributed by atoms with van der Waals surface area (Å²) in [5.41, 5.74) is 9.62. The first-order chi connectivity index (χ1) is 9.63. The lowest BCUT2D eigenvalue weighted by Gasteiger charge is -2.12. The number of aliphatic imine (C=N–C) groups is 1. The Morgan fingerprint density at radius 2 is 2.15 bits per heavy atom. The van der Waals surface area contributed by atoms with Gasteiger partial charge in [-0.2, -0.15) is 0 Å². The molecule has 0 amide bonds. The van der Waals surface area contributed by atoms with Crippen LogP contribution in [-0.2, 0) is 0 Å². The first-order valence-electron chi connectivity index (χ1n) is 6.68. The van der Waals surface area contributed by atoms with Gasteiger partial charge in [-0.05, 0) is 42.7 Å². The van der Waals surface area contributed by atoms with E-state index < -0.39 is 0 Å². The van der Waals surface area contributed by atoms with E-state index in [1.165, 1.54) is 0 Å². The van der Waals surface area contributed by atoms with Crippen LogP contribution in [0.2, 0.25) is 0 Å². The molecule has 0 aliphatic rings. The normalized spacial score (nSPS) is 11.6. The molecule has 0 saturated carbocycles. The summed E-state index contributed by atoms with van der Waals surface area (Å²) in [7, 11) is 0. The minimum Gasteiger partial charge on any atom is -0.508 e. The Morgan fingerprint density at radius 1 is 1.35 bits per heavy atom. The number of rotatable bonds is 4. The second-order valence-electron chi connectivity index (χ2n) is 4.64. The quantitative estimate of drug-likeness (QED) is 0.662. The molecule has 2 aromatic rings. The number of pyridine rings is 1. The van der Waals surface area contributed by atoms with Crippen molar-refractivity contribution < 1.29 is 5.11 Å². The zero-order chi connectivity index (χ0) is 14.5. The predicted octanol–water partition coefficient (Wildman–Crippen LogP) is 2.88. The van der Waals surface area contributed by atoms with E-state index in [0.717, 1.165) is 28.8 Å². The number of nitrogens with zero attached hydrogens (tertiary/aromatic N) is 2. The summed E-state index contributed by atoms with van der Waals surface area (Å²) in [6.07, 6.45) is 2.69. The van der Waals surface area contributed by atoms with Crippen LogP contribution in [-0.4, -0.2) is 22.5 Å². The number of nitrogens with two attached hydrogens (primary N) is 1. The van der Waals surface area contributed by atoms with Gasteiger partial charge in [0.1, 0.15) is 11.6 Å². The summed E-state index contributed by atoms with van der Waals surface area (Å²) in [5.74, 6) is 0.725. The number of hydrogen-bond donors (Lipinski definition) is 2. The van der Waals surface area contributed by atoms with Crippen LogP contribution >= 0.6 is 0 Å². The van der Waals surface area contributed by atoms with E-state index in [1.807, 2.05) is 25.1 Å². The third-order valence-electron chi connectivity index (χ3n) is 3.06. The summed E-state index contributed by atoms with van der Waals surface area (Å²) in [6.45, 7) is 4.67. The molecule has 4 nitrogen and oxygen atoms in total. The SMILES string of the molecule is CCCN=C(N)c1c(-c2cccc(O)c2)ccnc1C. The van der Waals surface area contributed by atoms with Crippen molar-refractivity contribution in [3.63, 3.8) is 0 Å². The van der Waals surface area contributed by atoms with Crippen molar-refractivity contribution in [2.24, 2.45) is 10.7 Å². The van der Waals surface area contributed by atoms with Crippen LogP contribution in [0.5, 0.6) is 5.75 Å². The highest BCUT2D eigenvalue weighted by Crippen LogP contribution is 2.27. The van der Waals surface area contributed by atoms with Gasteiger partial charge in [-0.25, -0.2) is 0 Å². The Labute approximate surface area is 119 Å². The predicted molar refractivity (Wildman–Crippen MR) is 82.0 cm³/mol. The molecule has 4 heteroatoms. The summed E-state index contributed by atoms with van der Waals surface area (Å²) in [4.78, 5) is 8.67. The standard InChI is InChI=1S/C16H19N3O/c1-3-8-19-16(17)15-11(2)18-9-7-14(15)12-5-4-6-13(20)10-12/h4-7,9-10,20H,3,8H2,1-2H3,(H2,17,19). The summed E-state index contributed by atoms with van der Waals surface area (Å²) in [5, 5.41) is 9.64. The lowest BCUT2D eigenvalue weighted by atomic mass is 9.98. The Balaban J connectivity index is 2.57. The lowest BCUT2D eigenvalue weighted by Crippen LogP contribution is -2.17. The Bertz CT molecular complexity index is 635. The van der Waals surface area contributed by atoms with Crippen LogP contribution in [0.4, 0.5) is 0 Å². The molecule has 0 unspecified atom stereocenters. The second-order valence-corrected chi connectivity index (χ2v) is 4.64. The fourth-order valence-corrected chi connectivity index (χ4v) is 2.12. The fourth-order valence-electron chi connectivity index (χ4n) is 2.12. The number of aromatic hydroxyl groups is 1. The molecule has 0 aliphatic carbocycles. The van der Waals surface area contributed by atoms with Crippen molar-refractivity contribution in [2.45, 2.75) is 20.3 Å². The first kappa shape index (κ1) is 14.1. The van der Waals surface area contributed by atoms with Crippen LogP contribution in [0.25, 0.3) is 11.1 Å². The third kappa shape index (κ3) is 2.96. The average Bonchev–Trinajstić information content (AvgIpc) is 2.44. The number of aromatic nitrogens is 1. The van der Waals surface area contributed by atoms with E-state index in [1.54, 1.807) is 18.3 Å². The molecule has 1 aromatic heterocycles. The molecule has 3 N–H and O–H groups in total. The van der Waals surface area contributed by atoms with E-state index in [2.05, 4.69) is 16.9 Å². The monoisotopic (exact) mass is 269 g/mol. The number of aryl methyl sites for hydroxylation is 1. The van der Waals surface area contributed by atoms with E-state index in [4.69, 9.17) is 5.73 Å². The van der Waals surface area contributed by atoms with Crippen molar-refractivity contribution >= 4 is 5.84 Å². The number of hydrogen-bond acceptors (Lipinski definition) is 3. The average molecular weight is 269 g/mol. The molecule has 0 bridgehead atoms. The zero-order valence-electron chi connectivity index (χ0n) is 11.8. The van der Waals surface area contributed by atoms with Gasteiger partial charge in [-0.3, -0.25) is 9.98 Å². The summed E-state index contributed by atoms with van der Waals surface area (Å²) >= 11 is 0. The minimum absolute atomic E-state index is 0.229. The lowest BCUT2D eigenvalue weighted by molar-refractivity contribution is 0.475. The fraction of sp³-hybridized carbons (Fsp3) is 0.250. The largest absolute Gasteiger partial charge is 0.508 e. The van der Waals surface area contributed by atoms with Crippen molar-refractivity contribution in [3.8, 4) is 16.9 Å². The summed E-state index contributed by atoms with van der Waals surface area (Å²) < 4.78 is 0. The zero-order valence-corrected chi connectivity index (χ0v) is 11.8. The van der Waals surface area contributed by atoms with Crippen molar-refractivity contribution in [2.75, 3.05) is 6.54 Å². The van der Waals surface area contributed by atoms with Crippen LogP contribution in [0, 0.1) is 6.92 Å². The van der Waals surface area contributed by atoms with Gasteiger partial charge in [0, 0.05) is 24.0 Å². The van der Waals surface area contributed by atoms with Crippen LogP contribution in [0.1, 0.15) is 24.6 Å². The molecule has 0 saturated heterocycles. The van der Waals surface area contributed by atoms with Crippen molar-refractivity contribution in [1.82, 2.24) is 4.98 Å². The molecular weight excluding hydrogens is 250 g/mol. The molecule has 104 valence electrons. The molecule has 0 spiro atoms. The number of phenolic OH excluding ortho intramolecular Hbond substituents is 1. The van der Waals surface area contributed by atoms with Gasteiger partial charge in [0.25, 0.3) is 0 Å². The van der Waals surface area contributed by atoms with Gasteiger partial charge in [0.05, 0.1) is 0 Å². The van der Waals surface area contributed by atoms with Gasteiger partial charge < -0.3 is 10.8 Å². The Hall–Kier alpha value is -2.36. The third-order valence-corrected chi connectivity index (χ3v) is 3.06. The number of amidine groups is 1. The number of phenols is 1. The van der Waals surface area contributed by atoms with E-state index in [-0.39, 0.29) is 5.75 Å².